The van der Waals surface area contributed by atoms with Crippen LogP contribution in [0.5, 0.6) is 0 Å². The molecule has 0 bridgehead atoms. The molecule has 5 heteroatoms. The van der Waals surface area contributed by atoms with E-state index < -0.39 is 0 Å². The maximum absolute atomic E-state index is 5.62. The minimum Gasteiger partial charge on any atom is -0.366 e. The second kappa shape index (κ2) is 3.59. The number of rotatable bonds is 1. The first kappa shape index (κ1) is 10.6. The summed E-state index contributed by atoms with van der Waals surface area (Å²) in [5, 5.41) is 11.0. The molecule has 2 N–H and O–H groups in total. The second-order valence-electron chi connectivity index (χ2n) is 4.75. The number of hydrogen-bond donors (Lipinski definition) is 1. The van der Waals surface area contributed by atoms with Crippen LogP contribution in [0.15, 0.2) is 24.3 Å². The van der Waals surface area contributed by atoms with Crippen LogP contribution in [0.4, 0.5) is 5.95 Å². The maximum Gasteiger partial charge on any atom is 0.245 e. The van der Waals surface area contributed by atoms with Gasteiger partial charge in [-0.3, -0.25) is 0 Å². The van der Waals surface area contributed by atoms with Gasteiger partial charge in [0.15, 0.2) is 0 Å². The van der Waals surface area contributed by atoms with E-state index in [4.69, 9.17) is 5.73 Å². The van der Waals surface area contributed by atoms with Gasteiger partial charge in [0.25, 0.3) is 0 Å². The Hall–Kier alpha value is -1.91. The standard InChI is InChI=1S/C11H15N5/c1-11(2,3)8-4-6-9(7-5-8)16-10(12)13-14-15-16/h4-7H,1-3H3,(H2,12,13,15). The van der Waals surface area contributed by atoms with E-state index in [1.54, 1.807) is 0 Å². The number of benzene rings is 1. The highest BCUT2D eigenvalue weighted by Crippen LogP contribution is 2.23. The zero-order valence-electron chi connectivity index (χ0n) is 9.68. The molecule has 0 aliphatic rings. The van der Waals surface area contributed by atoms with Gasteiger partial charge in [0.2, 0.25) is 5.95 Å². The molecule has 0 aliphatic heterocycles. The molecule has 0 atom stereocenters. The average molecular weight is 217 g/mol. The molecular formula is C11H15N5. The zero-order chi connectivity index (χ0) is 11.8. The summed E-state index contributed by atoms with van der Waals surface area (Å²) in [6.07, 6.45) is 0. The number of aromatic nitrogens is 4. The van der Waals surface area contributed by atoms with Gasteiger partial charge in [-0.25, -0.2) is 0 Å². The van der Waals surface area contributed by atoms with Crippen LogP contribution in [0, 0.1) is 0 Å². The van der Waals surface area contributed by atoms with Gasteiger partial charge in [0, 0.05) is 0 Å². The largest absolute Gasteiger partial charge is 0.366 e. The Bertz CT molecular complexity index is 478. The monoisotopic (exact) mass is 217 g/mol. The van der Waals surface area contributed by atoms with Crippen LogP contribution in [0.25, 0.3) is 5.69 Å². The van der Waals surface area contributed by atoms with Crippen LogP contribution in [-0.4, -0.2) is 20.2 Å². The smallest absolute Gasteiger partial charge is 0.245 e. The van der Waals surface area contributed by atoms with Gasteiger partial charge in [-0.05, 0) is 33.5 Å². The molecule has 0 amide bonds. The molecule has 0 aliphatic carbocycles. The number of nitrogens with two attached hydrogens (primary N) is 1. The lowest BCUT2D eigenvalue weighted by molar-refractivity contribution is 0.590. The van der Waals surface area contributed by atoms with E-state index in [-0.39, 0.29) is 5.41 Å². The summed E-state index contributed by atoms with van der Waals surface area (Å²) in [6, 6.07) is 8.06. The van der Waals surface area contributed by atoms with Crippen molar-refractivity contribution in [3.05, 3.63) is 29.8 Å². The fourth-order valence-electron chi connectivity index (χ4n) is 1.48. The Kier molecular flexibility index (Phi) is 2.38. The summed E-state index contributed by atoms with van der Waals surface area (Å²) >= 11 is 0. The lowest BCUT2D eigenvalue weighted by Gasteiger charge is -2.19. The third-order valence-electron chi connectivity index (χ3n) is 2.47. The molecule has 0 saturated carbocycles. The first-order valence-corrected chi connectivity index (χ1v) is 5.13. The number of tetrazole rings is 1. The highest BCUT2D eigenvalue weighted by molar-refractivity contribution is 5.39. The van der Waals surface area contributed by atoms with Crippen molar-refractivity contribution in [1.82, 2.24) is 20.2 Å². The van der Waals surface area contributed by atoms with Crippen LogP contribution >= 0.6 is 0 Å². The van der Waals surface area contributed by atoms with E-state index in [1.165, 1.54) is 10.2 Å². The third-order valence-corrected chi connectivity index (χ3v) is 2.47. The Labute approximate surface area is 94.3 Å². The Morgan fingerprint density at radius 3 is 2.19 bits per heavy atom. The summed E-state index contributed by atoms with van der Waals surface area (Å²) in [5.74, 6) is 0.295. The predicted molar refractivity (Wildman–Crippen MR) is 62.3 cm³/mol. The maximum atomic E-state index is 5.62. The summed E-state index contributed by atoms with van der Waals surface area (Å²) in [6.45, 7) is 6.52. The van der Waals surface area contributed by atoms with Crippen LogP contribution in [0.1, 0.15) is 26.3 Å². The van der Waals surface area contributed by atoms with Gasteiger partial charge in [-0.15, -0.1) is 0 Å². The van der Waals surface area contributed by atoms with Crippen molar-refractivity contribution in [3.63, 3.8) is 0 Å². The van der Waals surface area contributed by atoms with Crippen molar-refractivity contribution in [3.8, 4) is 5.69 Å². The van der Waals surface area contributed by atoms with Gasteiger partial charge in [0.05, 0.1) is 5.69 Å². The summed E-state index contributed by atoms with van der Waals surface area (Å²) in [5.41, 5.74) is 7.90. The molecule has 0 spiro atoms. The van der Waals surface area contributed by atoms with Crippen molar-refractivity contribution < 1.29 is 0 Å². The molecule has 0 fully saturated rings. The Balaban J connectivity index is 2.37. The van der Waals surface area contributed by atoms with Crippen molar-refractivity contribution in [2.24, 2.45) is 0 Å². The van der Waals surface area contributed by atoms with Gasteiger partial charge >= 0.3 is 0 Å². The fourth-order valence-corrected chi connectivity index (χ4v) is 1.48. The van der Waals surface area contributed by atoms with E-state index in [2.05, 4.69) is 48.4 Å². The summed E-state index contributed by atoms with van der Waals surface area (Å²) < 4.78 is 1.51. The first-order valence-electron chi connectivity index (χ1n) is 5.13. The number of hydrogen-bond acceptors (Lipinski definition) is 4. The highest BCUT2D eigenvalue weighted by Gasteiger charge is 2.13. The quantitative estimate of drug-likeness (QED) is 0.786. The summed E-state index contributed by atoms with van der Waals surface area (Å²) in [7, 11) is 0. The van der Waals surface area contributed by atoms with Crippen molar-refractivity contribution in [1.29, 1.82) is 0 Å². The minimum absolute atomic E-state index is 0.144. The van der Waals surface area contributed by atoms with Gasteiger partial charge in [0.1, 0.15) is 0 Å². The third kappa shape index (κ3) is 1.88. The van der Waals surface area contributed by atoms with Crippen molar-refractivity contribution in [2.75, 3.05) is 5.73 Å². The molecule has 2 rings (SSSR count). The molecule has 1 heterocycles. The Morgan fingerprint density at radius 2 is 1.75 bits per heavy atom. The van der Waals surface area contributed by atoms with Crippen molar-refractivity contribution >= 4 is 5.95 Å². The van der Waals surface area contributed by atoms with Gasteiger partial charge in [-0.2, -0.15) is 4.68 Å². The van der Waals surface area contributed by atoms with Gasteiger partial charge in [-0.1, -0.05) is 38.0 Å². The first-order chi connectivity index (χ1) is 7.48. The van der Waals surface area contributed by atoms with E-state index in [1.807, 2.05) is 12.1 Å². The van der Waals surface area contributed by atoms with Crippen molar-refractivity contribution in [2.45, 2.75) is 26.2 Å². The van der Waals surface area contributed by atoms with E-state index in [9.17, 15) is 0 Å². The lowest BCUT2D eigenvalue weighted by Crippen LogP contribution is -2.11. The average Bonchev–Trinajstić information content (AvgIpc) is 2.63. The number of nitrogens with zero attached hydrogens (tertiary/aromatic N) is 4. The molecule has 16 heavy (non-hydrogen) atoms. The molecule has 5 nitrogen and oxygen atoms in total. The van der Waals surface area contributed by atoms with Crippen LogP contribution < -0.4 is 5.73 Å². The van der Waals surface area contributed by atoms with Crippen LogP contribution in [0.2, 0.25) is 0 Å². The molecule has 2 aromatic rings. The van der Waals surface area contributed by atoms with Crippen LogP contribution in [-0.2, 0) is 5.41 Å². The molecule has 1 aromatic carbocycles. The second-order valence-corrected chi connectivity index (χ2v) is 4.75. The topological polar surface area (TPSA) is 69.6 Å². The molecule has 0 unspecified atom stereocenters. The number of nitrogen functional groups attached to an aromatic ring is 1. The minimum atomic E-state index is 0.144. The van der Waals surface area contributed by atoms with Crippen LogP contribution in [0.3, 0.4) is 0 Å². The molecule has 1 aromatic heterocycles. The predicted octanol–water partition coefficient (Wildman–Crippen LogP) is 1.54. The molecule has 84 valence electrons. The van der Waals surface area contributed by atoms with E-state index in [0.717, 1.165) is 5.69 Å². The van der Waals surface area contributed by atoms with E-state index in [0.29, 0.717) is 5.95 Å². The molecule has 0 saturated heterocycles. The zero-order valence-corrected chi connectivity index (χ0v) is 9.68. The normalized spacial score (nSPS) is 11.7. The fraction of sp³-hybridized carbons (Fsp3) is 0.364. The Morgan fingerprint density at radius 1 is 1.12 bits per heavy atom. The highest BCUT2D eigenvalue weighted by atomic mass is 15.6. The molecular weight excluding hydrogens is 202 g/mol. The molecule has 0 radical (unpaired) electrons. The van der Waals surface area contributed by atoms with Gasteiger partial charge < -0.3 is 5.73 Å². The van der Waals surface area contributed by atoms with E-state index >= 15 is 0 Å². The SMILES string of the molecule is CC(C)(C)c1ccc(-n2nnnc2N)cc1. The number of anilines is 1. The summed E-state index contributed by atoms with van der Waals surface area (Å²) in [4.78, 5) is 0. The lowest BCUT2D eigenvalue weighted by atomic mass is 9.87.